The van der Waals surface area contributed by atoms with Crippen molar-refractivity contribution in [3.8, 4) is 74.0 Å². The predicted molar refractivity (Wildman–Crippen MR) is 230 cm³/mol. The van der Waals surface area contributed by atoms with Crippen molar-refractivity contribution in [2.75, 3.05) is 0 Å². The molecule has 8 aromatic carbocycles. The molecule has 272 valence electrons. The molecule has 0 unspecified atom stereocenters. The molecule has 5 heteroatoms. The third-order valence-electron chi connectivity index (χ3n) is 10.9. The van der Waals surface area contributed by atoms with E-state index in [2.05, 4.69) is 146 Å². The van der Waals surface area contributed by atoms with Crippen molar-refractivity contribution in [3.63, 3.8) is 0 Å². The van der Waals surface area contributed by atoms with E-state index in [0.29, 0.717) is 23.0 Å². The molecule has 5 nitrogen and oxygen atoms in total. The summed E-state index contributed by atoms with van der Waals surface area (Å²) in [6, 6.07) is 72.7. The number of aromatic nitrogens is 3. The normalized spacial score (nSPS) is 12.4. The molecule has 1 aliphatic rings. The molecule has 0 spiro atoms. The van der Waals surface area contributed by atoms with Crippen LogP contribution < -0.4 is 4.74 Å². The second-order valence-corrected chi connectivity index (χ2v) is 14.3. The average molecular weight is 743 g/mol. The Morgan fingerprint density at radius 2 is 0.897 bits per heavy atom. The lowest BCUT2D eigenvalue weighted by molar-refractivity contribution is 0.434. The number of nitriles is 1. The first-order chi connectivity index (χ1) is 28.7. The lowest BCUT2D eigenvalue weighted by Gasteiger charge is -2.41. The minimum Gasteiger partial charge on any atom is -0.457 e. The Labute approximate surface area is 337 Å². The molecule has 0 bridgehead atoms. The number of hydrogen-bond donors (Lipinski definition) is 0. The van der Waals surface area contributed by atoms with E-state index in [9.17, 15) is 5.26 Å². The SMILES string of the molecule is N#Cc1ccc(-c2nc(-c3cccc(-c4ccc5c(c4)C(c4ccccc4)(c4ccccc4)c4ccccc4O5)c3)nc(-c3ccccc3-c3ccccc3)n2)cc1. The molecule has 1 aliphatic heterocycles. The van der Waals surface area contributed by atoms with Crippen LogP contribution in [0.2, 0.25) is 0 Å². The summed E-state index contributed by atoms with van der Waals surface area (Å²) in [5, 5.41) is 9.50. The van der Waals surface area contributed by atoms with Gasteiger partial charge in [-0.05, 0) is 81.9 Å². The summed E-state index contributed by atoms with van der Waals surface area (Å²) in [5.74, 6) is 3.30. The minimum absolute atomic E-state index is 0.526. The van der Waals surface area contributed by atoms with Gasteiger partial charge in [0.15, 0.2) is 17.5 Å². The molecule has 58 heavy (non-hydrogen) atoms. The van der Waals surface area contributed by atoms with Gasteiger partial charge >= 0.3 is 0 Å². The van der Waals surface area contributed by atoms with Crippen LogP contribution in [0.1, 0.15) is 27.8 Å². The Kier molecular flexibility index (Phi) is 8.70. The Bertz CT molecular complexity index is 2940. The van der Waals surface area contributed by atoms with E-state index in [1.807, 2.05) is 54.6 Å². The Morgan fingerprint density at radius 1 is 0.379 bits per heavy atom. The van der Waals surface area contributed by atoms with Crippen molar-refractivity contribution < 1.29 is 4.74 Å². The van der Waals surface area contributed by atoms with E-state index in [1.54, 1.807) is 12.1 Å². The van der Waals surface area contributed by atoms with E-state index in [1.165, 1.54) is 0 Å². The molecule has 10 rings (SSSR count). The molecule has 2 heterocycles. The molecule has 0 saturated carbocycles. The number of hydrogen-bond acceptors (Lipinski definition) is 5. The summed E-state index contributed by atoms with van der Waals surface area (Å²) >= 11 is 0. The third-order valence-corrected chi connectivity index (χ3v) is 10.9. The van der Waals surface area contributed by atoms with Crippen molar-refractivity contribution >= 4 is 0 Å². The van der Waals surface area contributed by atoms with Gasteiger partial charge in [-0.25, -0.2) is 15.0 Å². The fourth-order valence-corrected chi connectivity index (χ4v) is 8.22. The van der Waals surface area contributed by atoms with E-state index in [-0.39, 0.29) is 0 Å². The fourth-order valence-electron chi connectivity index (χ4n) is 8.22. The molecule has 1 aromatic heterocycles. The number of para-hydroxylation sites is 1. The Hall–Kier alpha value is -7.94. The highest BCUT2D eigenvalue weighted by molar-refractivity contribution is 5.82. The van der Waals surface area contributed by atoms with Crippen LogP contribution in [-0.2, 0) is 5.41 Å². The zero-order valence-corrected chi connectivity index (χ0v) is 31.3. The van der Waals surface area contributed by atoms with Gasteiger partial charge in [0.2, 0.25) is 0 Å². The van der Waals surface area contributed by atoms with Crippen LogP contribution in [0, 0.1) is 11.3 Å². The molecule has 0 radical (unpaired) electrons. The lowest BCUT2D eigenvalue weighted by atomic mass is 9.63. The second kappa shape index (κ2) is 14.6. The maximum Gasteiger partial charge on any atom is 0.164 e. The van der Waals surface area contributed by atoms with Gasteiger partial charge in [-0.2, -0.15) is 5.26 Å². The van der Waals surface area contributed by atoms with E-state index < -0.39 is 5.41 Å². The van der Waals surface area contributed by atoms with Crippen LogP contribution in [0.5, 0.6) is 11.5 Å². The zero-order chi connectivity index (χ0) is 38.9. The van der Waals surface area contributed by atoms with Gasteiger partial charge in [0, 0.05) is 27.8 Å². The van der Waals surface area contributed by atoms with Crippen LogP contribution in [-0.4, -0.2) is 15.0 Å². The molecule has 0 amide bonds. The number of ether oxygens (including phenoxy) is 1. The van der Waals surface area contributed by atoms with Gasteiger partial charge in [-0.15, -0.1) is 0 Å². The fraction of sp³-hybridized carbons (Fsp3) is 0.0189. The van der Waals surface area contributed by atoms with Gasteiger partial charge in [0.1, 0.15) is 11.5 Å². The van der Waals surface area contributed by atoms with Crippen LogP contribution in [0.25, 0.3) is 56.4 Å². The van der Waals surface area contributed by atoms with Crippen molar-refractivity contribution in [1.29, 1.82) is 5.26 Å². The standard InChI is InChI=1S/C53H34N4O/c54-35-36-27-29-38(30-28-36)50-55-51(57-52(56-50)45-24-11-10-23-44(45)37-15-4-1-5-16-37)41-18-14-17-39(33-41)40-31-32-49-47(34-40)53(42-19-6-2-7-20-42,43-21-8-3-9-22-43)46-25-12-13-26-48(46)58-49/h1-34H. The number of rotatable bonds is 7. The van der Waals surface area contributed by atoms with Crippen LogP contribution in [0.3, 0.4) is 0 Å². The molecule has 0 N–H and O–H groups in total. The number of nitrogens with zero attached hydrogens (tertiary/aromatic N) is 4. The van der Waals surface area contributed by atoms with Gasteiger partial charge in [-0.1, -0.05) is 158 Å². The highest BCUT2D eigenvalue weighted by atomic mass is 16.5. The van der Waals surface area contributed by atoms with Gasteiger partial charge < -0.3 is 4.74 Å². The first-order valence-corrected chi connectivity index (χ1v) is 19.2. The smallest absolute Gasteiger partial charge is 0.164 e. The van der Waals surface area contributed by atoms with Crippen LogP contribution in [0.4, 0.5) is 0 Å². The minimum atomic E-state index is -0.633. The van der Waals surface area contributed by atoms with Crippen molar-refractivity contribution in [3.05, 3.63) is 234 Å². The molecule has 0 fully saturated rings. The van der Waals surface area contributed by atoms with E-state index in [0.717, 1.165) is 72.7 Å². The second-order valence-electron chi connectivity index (χ2n) is 14.3. The van der Waals surface area contributed by atoms with Crippen LogP contribution in [0.15, 0.2) is 206 Å². The van der Waals surface area contributed by atoms with Gasteiger partial charge in [0.05, 0.1) is 17.0 Å². The van der Waals surface area contributed by atoms with E-state index in [4.69, 9.17) is 19.7 Å². The topological polar surface area (TPSA) is 71.7 Å². The average Bonchev–Trinajstić information content (AvgIpc) is 3.31. The quantitative estimate of drug-likeness (QED) is 0.163. The van der Waals surface area contributed by atoms with Gasteiger partial charge in [0.25, 0.3) is 0 Å². The molecule has 9 aromatic rings. The van der Waals surface area contributed by atoms with E-state index >= 15 is 0 Å². The van der Waals surface area contributed by atoms with Crippen molar-refractivity contribution in [1.82, 2.24) is 15.0 Å². The maximum atomic E-state index is 9.50. The maximum absolute atomic E-state index is 9.50. The number of fused-ring (bicyclic) bond motifs is 2. The Morgan fingerprint density at radius 3 is 1.60 bits per heavy atom. The number of benzene rings is 8. The molecule has 0 aliphatic carbocycles. The summed E-state index contributed by atoms with van der Waals surface area (Å²) in [5.41, 5.74) is 11.1. The van der Waals surface area contributed by atoms with Gasteiger partial charge in [-0.3, -0.25) is 0 Å². The first kappa shape index (κ1) is 34.5. The predicted octanol–water partition coefficient (Wildman–Crippen LogP) is 12.6. The summed E-state index contributed by atoms with van der Waals surface area (Å²) in [6.45, 7) is 0. The van der Waals surface area contributed by atoms with Crippen molar-refractivity contribution in [2.45, 2.75) is 5.41 Å². The molecular formula is C53H34N4O. The highest BCUT2D eigenvalue weighted by Crippen LogP contribution is 2.55. The van der Waals surface area contributed by atoms with Crippen LogP contribution >= 0.6 is 0 Å². The monoisotopic (exact) mass is 742 g/mol. The highest BCUT2D eigenvalue weighted by Gasteiger charge is 2.45. The largest absolute Gasteiger partial charge is 0.457 e. The summed E-state index contributed by atoms with van der Waals surface area (Å²) in [7, 11) is 0. The molecule has 0 atom stereocenters. The summed E-state index contributed by atoms with van der Waals surface area (Å²) in [6.07, 6.45) is 0. The Balaban J connectivity index is 1.14. The summed E-state index contributed by atoms with van der Waals surface area (Å²) < 4.78 is 6.68. The lowest BCUT2D eigenvalue weighted by Crippen LogP contribution is -2.34. The summed E-state index contributed by atoms with van der Waals surface area (Å²) in [4.78, 5) is 15.3. The van der Waals surface area contributed by atoms with Crippen molar-refractivity contribution in [2.24, 2.45) is 0 Å². The first-order valence-electron chi connectivity index (χ1n) is 19.2. The molecular weight excluding hydrogens is 709 g/mol. The third kappa shape index (κ3) is 6.01. The zero-order valence-electron chi connectivity index (χ0n) is 31.3. The molecule has 0 saturated heterocycles.